The molecule has 1 saturated heterocycles. The summed E-state index contributed by atoms with van der Waals surface area (Å²) in [7, 11) is 0. The van der Waals surface area contributed by atoms with Gasteiger partial charge in [0.05, 0.1) is 18.3 Å². The van der Waals surface area contributed by atoms with E-state index < -0.39 is 5.97 Å². The Bertz CT molecular complexity index is 481. The molecule has 1 unspecified atom stereocenters. The van der Waals surface area contributed by atoms with Crippen LogP contribution >= 0.6 is 15.9 Å². The number of carboxylic acids is 1. The van der Waals surface area contributed by atoms with Gasteiger partial charge in [-0.1, -0.05) is 22.9 Å². The van der Waals surface area contributed by atoms with Crippen molar-refractivity contribution in [3.8, 4) is 0 Å². The van der Waals surface area contributed by atoms with Crippen molar-refractivity contribution >= 4 is 27.6 Å². The summed E-state index contributed by atoms with van der Waals surface area (Å²) in [5, 5.41) is 12.3. The quantitative estimate of drug-likeness (QED) is 0.859. The summed E-state index contributed by atoms with van der Waals surface area (Å²) >= 11 is 3.33. The van der Waals surface area contributed by atoms with Crippen LogP contribution in [-0.2, 0) is 4.74 Å². The molecule has 1 atom stereocenters. The first-order chi connectivity index (χ1) is 9.58. The van der Waals surface area contributed by atoms with Crippen molar-refractivity contribution in [2.75, 3.05) is 38.1 Å². The molecule has 0 radical (unpaired) electrons. The fourth-order valence-electron chi connectivity index (χ4n) is 2.24. The zero-order valence-corrected chi connectivity index (χ0v) is 13.0. The van der Waals surface area contributed by atoms with Gasteiger partial charge in [-0.2, -0.15) is 0 Å². The number of ether oxygens (including phenoxy) is 1. The van der Waals surface area contributed by atoms with Crippen LogP contribution in [0, 0.1) is 0 Å². The maximum Gasteiger partial charge on any atom is 0.335 e. The van der Waals surface area contributed by atoms with Crippen molar-refractivity contribution < 1.29 is 14.6 Å². The highest BCUT2D eigenvalue weighted by Gasteiger charge is 2.19. The number of hydrogen-bond acceptors (Lipinski definition) is 4. The summed E-state index contributed by atoms with van der Waals surface area (Å²) in [5.41, 5.74) is 1.05. The molecule has 0 aromatic heterocycles. The standard InChI is InChI=1S/C14H19BrN2O3/c1-2-17-3-4-20-13(9-17)8-16-12-6-10(14(18)19)5-11(15)7-12/h5-7,13,16H,2-4,8-9H2,1H3,(H,18,19). The van der Waals surface area contributed by atoms with Crippen molar-refractivity contribution in [3.05, 3.63) is 28.2 Å². The number of hydrogen-bond donors (Lipinski definition) is 2. The van der Waals surface area contributed by atoms with Crippen molar-refractivity contribution in [1.82, 2.24) is 4.90 Å². The minimum Gasteiger partial charge on any atom is -0.478 e. The van der Waals surface area contributed by atoms with Crippen molar-refractivity contribution in [3.63, 3.8) is 0 Å². The van der Waals surface area contributed by atoms with Gasteiger partial charge in [-0.05, 0) is 24.7 Å². The summed E-state index contributed by atoms with van der Waals surface area (Å²) in [6, 6.07) is 5.09. The number of carbonyl (C=O) groups is 1. The molecule has 0 spiro atoms. The molecule has 110 valence electrons. The first-order valence-electron chi connectivity index (χ1n) is 6.70. The third kappa shape index (κ3) is 4.19. The van der Waals surface area contributed by atoms with Crippen LogP contribution in [0.2, 0.25) is 0 Å². The van der Waals surface area contributed by atoms with Gasteiger partial charge in [0.25, 0.3) is 0 Å². The second kappa shape index (κ2) is 7.06. The molecule has 2 N–H and O–H groups in total. The van der Waals surface area contributed by atoms with E-state index in [9.17, 15) is 4.79 Å². The molecule has 6 heteroatoms. The lowest BCUT2D eigenvalue weighted by Gasteiger charge is -2.32. The van der Waals surface area contributed by atoms with Gasteiger partial charge >= 0.3 is 5.97 Å². The molecule has 5 nitrogen and oxygen atoms in total. The van der Waals surface area contributed by atoms with E-state index in [0.29, 0.717) is 6.54 Å². The smallest absolute Gasteiger partial charge is 0.335 e. The number of carboxylic acid groups (broad SMARTS) is 1. The zero-order valence-electron chi connectivity index (χ0n) is 11.4. The first-order valence-corrected chi connectivity index (χ1v) is 7.49. The molecule has 1 heterocycles. The van der Waals surface area contributed by atoms with Crippen LogP contribution in [-0.4, -0.2) is 54.9 Å². The molecule has 1 aromatic rings. The van der Waals surface area contributed by atoms with E-state index in [1.807, 2.05) is 6.07 Å². The summed E-state index contributed by atoms with van der Waals surface area (Å²) in [6.07, 6.45) is 0.135. The van der Waals surface area contributed by atoms with Crippen molar-refractivity contribution in [1.29, 1.82) is 0 Å². The second-order valence-electron chi connectivity index (χ2n) is 4.80. The van der Waals surface area contributed by atoms with E-state index in [-0.39, 0.29) is 11.7 Å². The van der Waals surface area contributed by atoms with Crippen LogP contribution in [0.1, 0.15) is 17.3 Å². The average Bonchev–Trinajstić information content (AvgIpc) is 2.44. The topological polar surface area (TPSA) is 61.8 Å². The molecule has 0 saturated carbocycles. The number of likely N-dealkylation sites (N-methyl/N-ethyl adjacent to an activating group) is 1. The van der Waals surface area contributed by atoms with E-state index in [1.165, 1.54) is 0 Å². The Hall–Kier alpha value is -1.11. The fraction of sp³-hybridized carbons (Fsp3) is 0.500. The van der Waals surface area contributed by atoms with Crippen LogP contribution in [0.3, 0.4) is 0 Å². The Morgan fingerprint density at radius 1 is 1.55 bits per heavy atom. The number of rotatable bonds is 5. The van der Waals surface area contributed by atoms with Crippen molar-refractivity contribution in [2.45, 2.75) is 13.0 Å². The molecule has 2 rings (SSSR count). The second-order valence-corrected chi connectivity index (χ2v) is 5.72. The van der Waals surface area contributed by atoms with Gasteiger partial charge in [0.1, 0.15) is 0 Å². The number of nitrogens with zero attached hydrogens (tertiary/aromatic N) is 1. The lowest BCUT2D eigenvalue weighted by Crippen LogP contribution is -2.45. The van der Waals surface area contributed by atoms with Gasteiger partial charge < -0.3 is 15.2 Å². The minimum atomic E-state index is -0.930. The SMILES string of the molecule is CCN1CCOC(CNc2cc(Br)cc(C(=O)O)c2)C1. The maximum absolute atomic E-state index is 11.0. The number of aromatic carboxylic acids is 1. The van der Waals surface area contributed by atoms with Crippen LogP contribution in [0.5, 0.6) is 0 Å². The molecule has 1 aliphatic heterocycles. The molecule has 20 heavy (non-hydrogen) atoms. The van der Waals surface area contributed by atoms with E-state index >= 15 is 0 Å². The maximum atomic E-state index is 11.0. The Morgan fingerprint density at radius 3 is 3.05 bits per heavy atom. The summed E-state index contributed by atoms with van der Waals surface area (Å²) in [4.78, 5) is 13.4. The van der Waals surface area contributed by atoms with Gasteiger partial charge in [-0.3, -0.25) is 4.90 Å². The van der Waals surface area contributed by atoms with Gasteiger partial charge in [-0.25, -0.2) is 4.79 Å². The third-order valence-electron chi connectivity index (χ3n) is 3.35. The van der Waals surface area contributed by atoms with Gasteiger partial charge in [0, 0.05) is 29.8 Å². The molecule has 0 amide bonds. The molecular formula is C14H19BrN2O3. The predicted octanol–water partition coefficient (Wildman–Crippen LogP) is 2.28. The monoisotopic (exact) mass is 342 g/mol. The van der Waals surface area contributed by atoms with Crippen LogP contribution in [0.25, 0.3) is 0 Å². The van der Waals surface area contributed by atoms with Crippen LogP contribution < -0.4 is 5.32 Å². The number of nitrogens with one attached hydrogen (secondary N) is 1. The normalized spacial score (nSPS) is 19.8. The largest absolute Gasteiger partial charge is 0.478 e. The Morgan fingerprint density at radius 2 is 2.35 bits per heavy atom. The predicted molar refractivity (Wildman–Crippen MR) is 81.4 cm³/mol. The zero-order chi connectivity index (χ0) is 14.5. The Kier molecular flexibility index (Phi) is 5.39. The molecule has 1 aliphatic rings. The average molecular weight is 343 g/mol. The van der Waals surface area contributed by atoms with E-state index in [4.69, 9.17) is 9.84 Å². The van der Waals surface area contributed by atoms with Gasteiger partial charge in [0.15, 0.2) is 0 Å². The number of benzene rings is 1. The summed E-state index contributed by atoms with van der Waals surface area (Å²) < 4.78 is 6.46. The van der Waals surface area contributed by atoms with Gasteiger partial charge in [-0.15, -0.1) is 0 Å². The third-order valence-corrected chi connectivity index (χ3v) is 3.81. The van der Waals surface area contributed by atoms with Crippen LogP contribution in [0.4, 0.5) is 5.69 Å². The van der Waals surface area contributed by atoms with E-state index in [2.05, 4.69) is 33.1 Å². The lowest BCUT2D eigenvalue weighted by atomic mass is 10.2. The highest BCUT2D eigenvalue weighted by Crippen LogP contribution is 2.20. The number of halogens is 1. The van der Waals surface area contributed by atoms with E-state index in [1.54, 1.807) is 12.1 Å². The fourth-order valence-corrected chi connectivity index (χ4v) is 2.73. The number of morpholine rings is 1. The molecule has 1 aromatic carbocycles. The highest BCUT2D eigenvalue weighted by molar-refractivity contribution is 9.10. The highest BCUT2D eigenvalue weighted by atomic mass is 79.9. The first kappa shape index (κ1) is 15.3. The van der Waals surface area contributed by atoms with Crippen molar-refractivity contribution in [2.24, 2.45) is 0 Å². The van der Waals surface area contributed by atoms with Crippen LogP contribution in [0.15, 0.2) is 22.7 Å². The van der Waals surface area contributed by atoms with Gasteiger partial charge in [0.2, 0.25) is 0 Å². The Balaban J connectivity index is 1.95. The van der Waals surface area contributed by atoms with E-state index in [0.717, 1.165) is 36.4 Å². The summed E-state index contributed by atoms with van der Waals surface area (Å²) in [5.74, 6) is -0.930. The summed E-state index contributed by atoms with van der Waals surface area (Å²) in [6.45, 7) is 6.48. The minimum absolute atomic E-state index is 0.135. The molecule has 0 bridgehead atoms. The number of anilines is 1. The Labute approximate surface area is 127 Å². The molecule has 1 fully saturated rings. The lowest BCUT2D eigenvalue weighted by molar-refractivity contribution is -0.0191. The molecule has 0 aliphatic carbocycles. The molecular weight excluding hydrogens is 324 g/mol.